The monoisotopic (exact) mass is 397 g/mol. The highest BCUT2D eigenvalue weighted by Crippen LogP contribution is 2.36. The Morgan fingerprint density at radius 2 is 1.52 bits per heavy atom. The fourth-order valence-electron chi connectivity index (χ4n) is 3.56. The van der Waals surface area contributed by atoms with E-state index in [2.05, 4.69) is 10.6 Å². The van der Waals surface area contributed by atoms with Gasteiger partial charge in [-0.25, -0.2) is 0 Å². The van der Waals surface area contributed by atoms with Crippen LogP contribution in [0.25, 0.3) is 0 Å². The smallest absolute Gasteiger partial charge is 0.247 e. The van der Waals surface area contributed by atoms with Gasteiger partial charge in [-0.3, -0.25) is 24.1 Å². The quantitative estimate of drug-likeness (QED) is 0.603. The number of likely N-dealkylation sites (tertiary alicyclic amines) is 1. The third-order valence-electron chi connectivity index (χ3n) is 5.38. The molecule has 154 valence electrons. The van der Waals surface area contributed by atoms with Crippen molar-refractivity contribution in [2.75, 3.05) is 10.6 Å². The molecule has 1 aromatic carbocycles. The average molecular weight is 397 g/mol. The van der Waals surface area contributed by atoms with Gasteiger partial charge in [-0.15, -0.1) is 0 Å². The lowest BCUT2D eigenvalue weighted by Crippen LogP contribution is -2.46. The average Bonchev–Trinajstić information content (AvgIpc) is 2.91. The number of allylic oxidation sites excluding steroid dienone is 2. The van der Waals surface area contributed by atoms with Gasteiger partial charge in [0, 0.05) is 16.8 Å². The molecule has 3 unspecified atom stereocenters. The second-order valence-corrected chi connectivity index (χ2v) is 8.65. The van der Waals surface area contributed by atoms with Gasteiger partial charge in [0.2, 0.25) is 23.6 Å². The SMILES string of the molecule is CC(C(=O)Nc1cccc(NC(=O)C(C)(C)C)c1)N1C(=O)C2CC=CCC2C1=O. The molecule has 0 bridgehead atoms. The van der Waals surface area contributed by atoms with E-state index in [0.29, 0.717) is 24.2 Å². The van der Waals surface area contributed by atoms with E-state index in [-0.39, 0.29) is 29.6 Å². The molecule has 1 fully saturated rings. The van der Waals surface area contributed by atoms with Crippen molar-refractivity contribution in [3.63, 3.8) is 0 Å². The summed E-state index contributed by atoms with van der Waals surface area (Å²) in [6.07, 6.45) is 4.90. The van der Waals surface area contributed by atoms with Crippen LogP contribution in [0.5, 0.6) is 0 Å². The Hall–Kier alpha value is -2.96. The molecule has 1 aliphatic heterocycles. The van der Waals surface area contributed by atoms with Crippen LogP contribution in [-0.4, -0.2) is 34.6 Å². The van der Waals surface area contributed by atoms with Crippen molar-refractivity contribution in [2.24, 2.45) is 17.3 Å². The zero-order valence-corrected chi connectivity index (χ0v) is 17.2. The van der Waals surface area contributed by atoms with Crippen LogP contribution in [0.1, 0.15) is 40.5 Å². The van der Waals surface area contributed by atoms with E-state index in [1.807, 2.05) is 32.9 Å². The highest BCUT2D eigenvalue weighted by atomic mass is 16.2. The molecule has 0 spiro atoms. The molecule has 1 saturated heterocycles. The van der Waals surface area contributed by atoms with Crippen LogP contribution in [0, 0.1) is 17.3 Å². The summed E-state index contributed by atoms with van der Waals surface area (Å²) in [5, 5.41) is 5.55. The first kappa shape index (κ1) is 20.8. The van der Waals surface area contributed by atoms with Crippen molar-refractivity contribution < 1.29 is 19.2 Å². The van der Waals surface area contributed by atoms with Crippen molar-refractivity contribution in [1.29, 1.82) is 0 Å². The Bertz CT molecular complexity index is 858. The van der Waals surface area contributed by atoms with E-state index in [1.165, 1.54) is 0 Å². The summed E-state index contributed by atoms with van der Waals surface area (Å²) in [4.78, 5) is 51.3. The topological polar surface area (TPSA) is 95.6 Å². The third kappa shape index (κ3) is 4.23. The third-order valence-corrected chi connectivity index (χ3v) is 5.38. The van der Waals surface area contributed by atoms with Crippen molar-refractivity contribution in [3.05, 3.63) is 36.4 Å². The van der Waals surface area contributed by atoms with E-state index >= 15 is 0 Å². The number of hydrogen-bond donors (Lipinski definition) is 2. The van der Waals surface area contributed by atoms with Gasteiger partial charge in [-0.2, -0.15) is 0 Å². The number of benzene rings is 1. The minimum absolute atomic E-state index is 0.140. The van der Waals surface area contributed by atoms with Crippen molar-refractivity contribution >= 4 is 35.0 Å². The van der Waals surface area contributed by atoms with Gasteiger partial charge in [-0.1, -0.05) is 39.0 Å². The molecule has 29 heavy (non-hydrogen) atoms. The zero-order valence-electron chi connectivity index (χ0n) is 17.2. The Morgan fingerprint density at radius 1 is 1.00 bits per heavy atom. The van der Waals surface area contributed by atoms with Crippen molar-refractivity contribution in [3.8, 4) is 0 Å². The van der Waals surface area contributed by atoms with E-state index < -0.39 is 17.4 Å². The van der Waals surface area contributed by atoms with Crippen molar-refractivity contribution in [2.45, 2.75) is 46.6 Å². The molecule has 0 aromatic heterocycles. The van der Waals surface area contributed by atoms with Gasteiger partial charge in [0.1, 0.15) is 6.04 Å². The molecule has 2 aliphatic rings. The second-order valence-electron chi connectivity index (χ2n) is 8.65. The number of anilines is 2. The fourth-order valence-corrected chi connectivity index (χ4v) is 3.56. The first-order valence-electron chi connectivity index (χ1n) is 9.84. The molecule has 2 N–H and O–H groups in total. The standard InChI is InChI=1S/C22H27N3O4/c1-13(25-19(27)16-10-5-6-11-17(16)20(25)28)18(26)23-14-8-7-9-15(12-14)24-21(29)22(2,3)4/h5-9,12-13,16-17H,10-11H2,1-4H3,(H,23,26)(H,24,29). The predicted octanol–water partition coefficient (Wildman–Crippen LogP) is 2.95. The van der Waals surface area contributed by atoms with E-state index in [4.69, 9.17) is 0 Å². The molecule has 4 amide bonds. The van der Waals surface area contributed by atoms with Gasteiger partial charge in [-0.05, 0) is 38.0 Å². The normalized spacial score (nSPS) is 22.3. The minimum Gasteiger partial charge on any atom is -0.326 e. The largest absolute Gasteiger partial charge is 0.326 e. The molecule has 3 rings (SSSR count). The number of fused-ring (bicyclic) bond motifs is 1. The van der Waals surface area contributed by atoms with E-state index in [9.17, 15) is 19.2 Å². The summed E-state index contributed by atoms with van der Waals surface area (Å²) in [5.74, 6) is -1.87. The Morgan fingerprint density at radius 3 is 2.03 bits per heavy atom. The number of amides is 4. The van der Waals surface area contributed by atoms with Crippen LogP contribution in [0.2, 0.25) is 0 Å². The van der Waals surface area contributed by atoms with Crippen LogP contribution in [-0.2, 0) is 19.2 Å². The number of nitrogens with zero attached hydrogens (tertiary/aromatic N) is 1. The highest BCUT2D eigenvalue weighted by Gasteiger charge is 2.50. The van der Waals surface area contributed by atoms with Crippen LogP contribution in [0.4, 0.5) is 11.4 Å². The number of nitrogens with one attached hydrogen (secondary N) is 2. The number of carbonyl (C=O) groups excluding carboxylic acids is 4. The molecule has 1 heterocycles. The van der Waals surface area contributed by atoms with Crippen molar-refractivity contribution in [1.82, 2.24) is 4.90 Å². The number of rotatable bonds is 4. The maximum Gasteiger partial charge on any atom is 0.247 e. The Balaban J connectivity index is 1.69. The molecule has 3 atom stereocenters. The van der Waals surface area contributed by atoms with Gasteiger partial charge < -0.3 is 10.6 Å². The van der Waals surface area contributed by atoms with Crippen LogP contribution < -0.4 is 10.6 Å². The Kier molecular flexibility index (Phi) is 5.59. The lowest BCUT2D eigenvalue weighted by molar-refractivity contribution is -0.146. The van der Waals surface area contributed by atoms with Gasteiger partial charge >= 0.3 is 0 Å². The molecular formula is C22H27N3O4. The lowest BCUT2D eigenvalue weighted by atomic mass is 9.85. The minimum atomic E-state index is -0.909. The van der Waals surface area contributed by atoms with Gasteiger partial charge in [0.15, 0.2) is 0 Å². The summed E-state index contributed by atoms with van der Waals surface area (Å²) < 4.78 is 0. The number of carbonyl (C=O) groups is 4. The maximum atomic E-state index is 12.7. The summed E-state index contributed by atoms with van der Waals surface area (Å²) >= 11 is 0. The fraction of sp³-hybridized carbons (Fsp3) is 0.455. The first-order valence-corrected chi connectivity index (χ1v) is 9.84. The Labute approximate surface area is 170 Å². The molecule has 1 aliphatic carbocycles. The number of imide groups is 1. The summed E-state index contributed by atoms with van der Waals surface area (Å²) in [7, 11) is 0. The van der Waals surface area contributed by atoms with Gasteiger partial charge in [0.05, 0.1) is 11.8 Å². The van der Waals surface area contributed by atoms with Crippen LogP contribution in [0.3, 0.4) is 0 Å². The summed E-state index contributed by atoms with van der Waals surface area (Å²) in [6.45, 7) is 6.99. The molecule has 0 radical (unpaired) electrons. The lowest BCUT2D eigenvalue weighted by Gasteiger charge is -2.22. The molecule has 7 heteroatoms. The predicted molar refractivity (Wildman–Crippen MR) is 110 cm³/mol. The molecular weight excluding hydrogens is 370 g/mol. The van der Waals surface area contributed by atoms with E-state index in [0.717, 1.165) is 4.90 Å². The molecule has 0 saturated carbocycles. The van der Waals surface area contributed by atoms with Gasteiger partial charge in [0.25, 0.3) is 0 Å². The highest BCUT2D eigenvalue weighted by molar-refractivity contribution is 6.10. The first-order chi connectivity index (χ1) is 13.6. The van der Waals surface area contributed by atoms with Crippen LogP contribution in [0.15, 0.2) is 36.4 Å². The summed E-state index contributed by atoms with van der Waals surface area (Å²) in [6, 6.07) is 5.87. The molecule has 7 nitrogen and oxygen atoms in total. The second kappa shape index (κ2) is 7.81. The molecule has 1 aromatic rings. The number of hydrogen-bond acceptors (Lipinski definition) is 4. The van der Waals surface area contributed by atoms with E-state index in [1.54, 1.807) is 31.2 Å². The maximum absolute atomic E-state index is 12.7. The zero-order chi connectivity index (χ0) is 21.3. The summed E-state index contributed by atoms with van der Waals surface area (Å²) in [5.41, 5.74) is 0.489. The van der Waals surface area contributed by atoms with Crippen LogP contribution >= 0.6 is 0 Å².